The zero-order valence-electron chi connectivity index (χ0n) is 19.7. The summed E-state index contributed by atoms with van der Waals surface area (Å²) in [7, 11) is 1.57. The van der Waals surface area contributed by atoms with Gasteiger partial charge in [0.1, 0.15) is 0 Å². The first kappa shape index (κ1) is 39.8. The van der Waals surface area contributed by atoms with Gasteiger partial charge in [-0.15, -0.1) is 31.2 Å². The van der Waals surface area contributed by atoms with Gasteiger partial charge in [0.05, 0.1) is 0 Å². The number of benzene rings is 3. The number of hydrogen-bond donors (Lipinski definition) is 0. The average molecular weight is 603 g/mol. The van der Waals surface area contributed by atoms with E-state index in [4.69, 9.17) is 0 Å². The first-order chi connectivity index (χ1) is 15.4. The molecular weight excluding hydrogens is 570 g/mol. The maximum absolute atomic E-state index is 3.01. The van der Waals surface area contributed by atoms with Crippen molar-refractivity contribution in [3.05, 3.63) is 157 Å². The molecule has 1 atom stereocenters. The van der Waals surface area contributed by atoms with Gasteiger partial charge in [-0.2, -0.15) is 133 Å². The predicted octanol–water partition coefficient (Wildman–Crippen LogP) is 8.64. The second-order valence-corrected chi connectivity index (χ2v) is 7.69. The van der Waals surface area contributed by atoms with Gasteiger partial charge in [0, 0.05) is 35.7 Å². The molecule has 4 aromatic rings. The molecule has 0 amide bonds. The molecule has 5 heteroatoms. The number of allylic oxidation sites excluding steroid dienone is 4. The largest absolute Gasteiger partial charge is 0.273 e. The Morgan fingerprint density at radius 1 is 0.618 bits per heavy atom. The maximum Gasteiger partial charge on any atom is 0.0213 e. The molecule has 1 aliphatic rings. The van der Waals surface area contributed by atoms with Crippen LogP contribution in [0.3, 0.4) is 0 Å². The van der Waals surface area contributed by atoms with E-state index < -0.39 is 0 Å². The Kier molecular flexibility index (Phi) is 45.5. The number of hydrogen-bond acceptors (Lipinski definition) is 0. The zero-order chi connectivity index (χ0) is 22.5. The quantitative estimate of drug-likeness (QED) is 0.140. The van der Waals surface area contributed by atoms with E-state index >= 15 is 0 Å². The van der Waals surface area contributed by atoms with Gasteiger partial charge in [0.15, 0.2) is 0 Å². The monoisotopic (exact) mass is 600 g/mol. The first-order valence-corrected chi connectivity index (χ1v) is 13.5. The van der Waals surface area contributed by atoms with Gasteiger partial charge >= 0.3 is 0 Å². The van der Waals surface area contributed by atoms with Gasteiger partial charge in [-0.25, -0.2) is 18.2 Å². The molecule has 0 fully saturated rings. The van der Waals surface area contributed by atoms with Crippen molar-refractivity contribution >= 4 is 42.5 Å². The molecule has 5 rings (SSSR count). The third-order valence-corrected chi connectivity index (χ3v) is 3.54. The molecule has 0 bridgehead atoms. The molecule has 1 heterocycles. The Morgan fingerprint density at radius 2 is 1.03 bits per heavy atom. The Bertz CT molecular complexity index is 630. The van der Waals surface area contributed by atoms with Crippen LogP contribution in [0.1, 0.15) is 6.42 Å². The third-order valence-electron chi connectivity index (χ3n) is 2.85. The minimum atomic E-state index is 0. The van der Waals surface area contributed by atoms with Crippen molar-refractivity contribution in [3.8, 4) is 0 Å². The van der Waals surface area contributed by atoms with Crippen LogP contribution in [0, 0.1) is 30.1 Å². The molecule has 1 aromatic heterocycles. The summed E-state index contributed by atoms with van der Waals surface area (Å²) < 4.78 is 0. The summed E-state index contributed by atoms with van der Waals surface area (Å²) in [6.07, 6.45) is 10.0. The Morgan fingerprint density at radius 3 is 1.12 bits per heavy atom. The van der Waals surface area contributed by atoms with Gasteiger partial charge in [-0.1, -0.05) is 13.1 Å². The van der Waals surface area contributed by atoms with Crippen molar-refractivity contribution in [1.29, 1.82) is 0 Å². The van der Waals surface area contributed by atoms with E-state index in [0.29, 0.717) is 0 Å². The van der Waals surface area contributed by atoms with Crippen LogP contribution in [0.4, 0.5) is 0 Å². The first-order valence-electron chi connectivity index (χ1n) is 10.1. The fourth-order valence-electron chi connectivity index (χ4n) is 1.61. The molecule has 1 aliphatic carbocycles. The van der Waals surface area contributed by atoms with E-state index in [2.05, 4.69) is 55.0 Å². The molecule has 0 N–H and O–H groups in total. The van der Waals surface area contributed by atoms with Crippen molar-refractivity contribution in [1.82, 2.24) is 0 Å². The summed E-state index contributed by atoms with van der Waals surface area (Å²) in [6.45, 7) is 4.42. The molecular formula is C29H33Cl2PSiZr-5. The third kappa shape index (κ3) is 37.9. The minimum absolute atomic E-state index is 0. The summed E-state index contributed by atoms with van der Waals surface area (Å²) in [5.74, 6) is 5.11. The second-order valence-electron chi connectivity index (χ2n) is 5.63. The van der Waals surface area contributed by atoms with E-state index in [1.807, 2.05) is 115 Å². The van der Waals surface area contributed by atoms with Crippen LogP contribution in [-0.4, -0.2) is 9.52 Å². The molecule has 1 radical (unpaired) electrons. The van der Waals surface area contributed by atoms with E-state index in [9.17, 15) is 0 Å². The van der Waals surface area contributed by atoms with Gasteiger partial charge in [-0.3, -0.25) is 14.3 Å². The normalized spacial score (nSPS) is 8.76. The molecule has 3 aromatic carbocycles. The van der Waals surface area contributed by atoms with Gasteiger partial charge < -0.3 is 0 Å². The summed E-state index contributed by atoms with van der Waals surface area (Å²) in [6, 6.07) is 41.5. The van der Waals surface area contributed by atoms with Crippen LogP contribution < -0.4 is 0 Å². The second kappa shape index (κ2) is 38.8. The fourth-order valence-corrected chi connectivity index (χ4v) is 2.09. The molecule has 0 nitrogen and oxygen atoms in total. The average Bonchev–Trinajstić information content (AvgIpc) is 3.64. The number of rotatable bonds is 0. The van der Waals surface area contributed by atoms with Crippen molar-refractivity contribution in [3.63, 3.8) is 0 Å². The smallest absolute Gasteiger partial charge is 0.0213 e. The summed E-state index contributed by atoms with van der Waals surface area (Å²) in [4.78, 5) is 0. The minimum Gasteiger partial charge on any atom is -0.273 e. The van der Waals surface area contributed by atoms with Crippen LogP contribution in [-0.2, 0) is 26.2 Å². The molecule has 0 saturated carbocycles. The van der Waals surface area contributed by atoms with Crippen molar-refractivity contribution in [2.75, 3.05) is 0 Å². The number of halogens is 2. The Balaban J connectivity index is -0.000000158. The van der Waals surface area contributed by atoms with E-state index in [1.54, 1.807) is 0 Å². The van der Waals surface area contributed by atoms with Crippen LogP contribution in [0.25, 0.3) is 0 Å². The standard InChI is InChI=1S/3C6H5.C5H5.C4H4P.C2H7Si.2ClH.Zr/c3*1-2-4-6-5-3-1;2*1-2-4-5-3-1;1-3-2;;;/h3*1-5H;1-3H,4H2;1-3,5H;3H,1-2H3;2*1H;/q5*-1;;;;. The molecule has 34 heavy (non-hydrogen) atoms. The maximum atomic E-state index is 3.01. The summed E-state index contributed by atoms with van der Waals surface area (Å²) in [5.41, 5.74) is 0. The zero-order valence-corrected chi connectivity index (χ0v) is 26.0. The van der Waals surface area contributed by atoms with Gasteiger partial charge in [0.25, 0.3) is 0 Å². The van der Waals surface area contributed by atoms with Crippen molar-refractivity contribution in [2.24, 2.45) is 0 Å². The summed E-state index contributed by atoms with van der Waals surface area (Å²) >= 11 is 0. The molecule has 181 valence electrons. The topological polar surface area (TPSA) is 0 Å². The van der Waals surface area contributed by atoms with E-state index in [-0.39, 0.29) is 51.0 Å². The Labute approximate surface area is 243 Å². The van der Waals surface area contributed by atoms with Crippen LogP contribution in [0.15, 0.2) is 127 Å². The van der Waals surface area contributed by atoms with E-state index in [0.717, 1.165) is 24.1 Å². The van der Waals surface area contributed by atoms with Gasteiger partial charge in [-0.05, 0) is 0 Å². The van der Waals surface area contributed by atoms with Crippen molar-refractivity contribution in [2.45, 2.75) is 19.5 Å². The van der Waals surface area contributed by atoms with E-state index in [1.165, 1.54) is 0 Å². The van der Waals surface area contributed by atoms with Crippen LogP contribution in [0.5, 0.6) is 0 Å². The fraction of sp³-hybridized carbons (Fsp3) is 0.103. The Hall–Kier alpha value is -1.40. The molecule has 1 unspecified atom stereocenters. The molecule has 0 saturated heterocycles. The van der Waals surface area contributed by atoms with Crippen molar-refractivity contribution < 1.29 is 26.2 Å². The summed E-state index contributed by atoms with van der Waals surface area (Å²) in [5, 5.41) is 0. The SMILES string of the molecule is C[SiH]C.Cl.Cl.[C-]1=CC=CC1.[Zr].[c-]1ccc[pH]1.[c-]1ccccc1.[c-]1ccccc1.[c-]1ccccc1. The van der Waals surface area contributed by atoms with Gasteiger partial charge in [0.2, 0.25) is 0 Å². The van der Waals surface area contributed by atoms with Crippen LogP contribution >= 0.6 is 33.0 Å². The molecule has 0 aliphatic heterocycles. The van der Waals surface area contributed by atoms with Crippen LogP contribution in [0.2, 0.25) is 13.1 Å². The predicted molar refractivity (Wildman–Crippen MR) is 156 cm³/mol. The molecule has 0 spiro atoms.